The zero-order chi connectivity index (χ0) is 14.4. The molecule has 3 heterocycles. The second-order valence-electron chi connectivity index (χ2n) is 4.54. The first-order valence-electron chi connectivity index (χ1n) is 6.27. The van der Waals surface area contributed by atoms with Crippen molar-refractivity contribution in [3.05, 3.63) is 58.3 Å². The fourth-order valence-corrected chi connectivity index (χ4v) is 4.00. The summed E-state index contributed by atoms with van der Waals surface area (Å²) in [6, 6.07) is 11.5. The van der Waals surface area contributed by atoms with E-state index in [1.165, 1.54) is 22.7 Å². The second kappa shape index (κ2) is 4.65. The Balaban J connectivity index is 2.03. The monoisotopic (exact) mass is 312 g/mol. The third-order valence-electron chi connectivity index (χ3n) is 3.37. The van der Waals surface area contributed by atoms with Crippen LogP contribution in [-0.2, 0) is 4.74 Å². The van der Waals surface area contributed by atoms with Gasteiger partial charge in [0.15, 0.2) is 0 Å². The Kier molecular flexibility index (Phi) is 2.77. The van der Waals surface area contributed by atoms with Crippen molar-refractivity contribution < 1.29 is 14.3 Å². The molecule has 3 aromatic rings. The van der Waals surface area contributed by atoms with Gasteiger partial charge in [0.2, 0.25) is 0 Å². The van der Waals surface area contributed by atoms with Gasteiger partial charge in [0.1, 0.15) is 0 Å². The van der Waals surface area contributed by atoms with Crippen molar-refractivity contribution >= 4 is 34.6 Å². The van der Waals surface area contributed by atoms with Crippen LogP contribution in [-0.4, -0.2) is 11.9 Å². The predicted molar refractivity (Wildman–Crippen MR) is 82.8 cm³/mol. The summed E-state index contributed by atoms with van der Waals surface area (Å²) in [5.74, 6) is -1.12. The largest absolute Gasteiger partial charge is 0.386 e. The van der Waals surface area contributed by atoms with Crippen LogP contribution in [0.15, 0.2) is 47.2 Å². The minimum absolute atomic E-state index is 0.383. The van der Waals surface area contributed by atoms with E-state index in [2.05, 4.69) is 0 Å². The average Bonchev–Trinajstić information content (AvgIpc) is 3.21. The number of cyclic esters (lactones) is 2. The summed E-state index contributed by atoms with van der Waals surface area (Å²) >= 11 is 3.06. The van der Waals surface area contributed by atoms with Crippen molar-refractivity contribution in [2.24, 2.45) is 0 Å². The van der Waals surface area contributed by atoms with Crippen molar-refractivity contribution in [3.63, 3.8) is 0 Å². The molecule has 21 heavy (non-hydrogen) atoms. The van der Waals surface area contributed by atoms with Gasteiger partial charge in [0.05, 0.1) is 11.1 Å². The van der Waals surface area contributed by atoms with Gasteiger partial charge in [0, 0.05) is 20.9 Å². The fourth-order valence-electron chi connectivity index (χ4n) is 2.49. The van der Waals surface area contributed by atoms with Crippen molar-refractivity contribution in [2.45, 2.75) is 0 Å². The van der Waals surface area contributed by atoms with Gasteiger partial charge in [-0.3, -0.25) is 0 Å². The van der Waals surface area contributed by atoms with Crippen LogP contribution in [0.25, 0.3) is 20.9 Å². The number of ether oxygens (including phenoxy) is 1. The molecule has 3 nitrogen and oxygen atoms in total. The molecule has 0 atom stereocenters. The summed E-state index contributed by atoms with van der Waals surface area (Å²) < 4.78 is 4.84. The minimum Gasteiger partial charge on any atom is -0.386 e. The Labute approximate surface area is 128 Å². The lowest BCUT2D eigenvalue weighted by atomic mass is 9.96. The van der Waals surface area contributed by atoms with Crippen LogP contribution in [0.3, 0.4) is 0 Å². The van der Waals surface area contributed by atoms with E-state index in [0.717, 1.165) is 20.9 Å². The van der Waals surface area contributed by atoms with Crippen LogP contribution in [0, 0.1) is 0 Å². The number of rotatable bonds is 2. The van der Waals surface area contributed by atoms with Crippen molar-refractivity contribution in [2.75, 3.05) is 0 Å². The molecule has 0 radical (unpaired) electrons. The van der Waals surface area contributed by atoms with Gasteiger partial charge >= 0.3 is 11.9 Å². The number of hydrogen-bond acceptors (Lipinski definition) is 5. The molecule has 5 heteroatoms. The third-order valence-corrected chi connectivity index (χ3v) is 5.18. The molecule has 0 amide bonds. The van der Waals surface area contributed by atoms with Gasteiger partial charge in [0.25, 0.3) is 0 Å². The summed E-state index contributed by atoms with van der Waals surface area (Å²) in [6.45, 7) is 0. The first-order chi connectivity index (χ1) is 10.3. The molecule has 4 rings (SSSR count). The lowest BCUT2D eigenvalue weighted by Gasteiger charge is -2.07. The molecule has 0 bridgehead atoms. The van der Waals surface area contributed by atoms with Crippen molar-refractivity contribution in [3.8, 4) is 20.9 Å². The van der Waals surface area contributed by atoms with Gasteiger partial charge in [-0.05, 0) is 22.9 Å². The van der Waals surface area contributed by atoms with E-state index in [1.807, 2.05) is 47.2 Å². The molecule has 1 aliphatic rings. The molecule has 0 spiro atoms. The maximum atomic E-state index is 12.1. The topological polar surface area (TPSA) is 43.4 Å². The normalized spacial score (nSPS) is 13.3. The molecule has 0 aliphatic carbocycles. The van der Waals surface area contributed by atoms with E-state index in [4.69, 9.17) is 4.74 Å². The highest BCUT2D eigenvalue weighted by Gasteiger charge is 2.35. The number of benzene rings is 1. The van der Waals surface area contributed by atoms with E-state index >= 15 is 0 Å². The van der Waals surface area contributed by atoms with Gasteiger partial charge < -0.3 is 4.74 Å². The molecule has 102 valence electrons. The van der Waals surface area contributed by atoms with E-state index in [9.17, 15) is 9.59 Å². The lowest BCUT2D eigenvalue weighted by Crippen LogP contribution is -1.97. The molecule has 1 aliphatic heterocycles. The first kappa shape index (κ1) is 12.5. The maximum absolute atomic E-state index is 12.1. The van der Waals surface area contributed by atoms with Crippen LogP contribution in [0.2, 0.25) is 0 Å². The molecular formula is C16H8O3S2. The van der Waals surface area contributed by atoms with Crippen LogP contribution in [0.5, 0.6) is 0 Å². The summed E-state index contributed by atoms with van der Waals surface area (Å²) in [5, 5.41) is 3.88. The summed E-state index contributed by atoms with van der Waals surface area (Å²) in [6.07, 6.45) is 0. The zero-order valence-corrected chi connectivity index (χ0v) is 12.3. The Morgan fingerprint density at radius 1 is 0.714 bits per heavy atom. The van der Waals surface area contributed by atoms with Gasteiger partial charge in [-0.2, -0.15) is 0 Å². The number of esters is 2. The molecule has 1 aromatic carbocycles. The second-order valence-corrected chi connectivity index (χ2v) is 6.44. The molecular weight excluding hydrogens is 304 g/mol. The average molecular weight is 312 g/mol. The van der Waals surface area contributed by atoms with Gasteiger partial charge in [-0.15, -0.1) is 22.7 Å². The number of thiophene rings is 2. The van der Waals surface area contributed by atoms with E-state index in [0.29, 0.717) is 11.1 Å². The number of carbonyl (C=O) groups is 2. The summed E-state index contributed by atoms with van der Waals surface area (Å²) in [7, 11) is 0. The zero-order valence-electron chi connectivity index (χ0n) is 10.7. The number of fused-ring (bicyclic) bond motifs is 1. The van der Waals surface area contributed by atoms with Crippen LogP contribution in [0.1, 0.15) is 20.7 Å². The standard InChI is InChI=1S/C16H8O3S2/c17-15-13-9(11-3-1-7-20-11)5-6-10(12-4-2-8-21-12)14(13)16(18)19-15/h1-8H. The van der Waals surface area contributed by atoms with E-state index in [1.54, 1.807) is 0 Å². The molecule has 2 aromatic heterocycles. The van der Waals surface area contributed by atoms with Crippen molar-refractivity contribution in [1.29, 1.82) is 0 Å². The lowest BCUT2D eigenvalue weighted by molar-refractivity contribution is 0.0444. The number of carbonyl (C=O) groups excluding carboxylic acids is 2. The molecule has 0 saturated heterocycles. The van der Waals surface area contributed by atoms with Gasteiger partial charge in [-0.1, -0.05) is 24.3 Å². The van der Waals surface area contributed by atoms with Crippen LogP contribution in [0.4, 0.5) is 0 Å². The Bertz CT molecular complexity index is 775. The Hall–Kier alpha value is -2.24. The Morgan fingerprint density at radius 2 is 1.19 bits per heavy atom. The minimum atomic E-state index is -0.559. The maximum Gasteiger partial charge on any atom is 0.347 e. The summed E-state index contributed by atoms with van der Waals surface area (Å²) in [5.41, 5.74) is 2.29. The predicted octanol–water partition coefficient (Wildman–Crippen LogP) is 4.45. The molecule has 0 saturated carbocycles. The highest BCUT2D eigenvalue weighted by atomic mass is 32.1. The van der Waals surface area contributed by atoms with Crippen molar-refractivity contribution in [1.82, 2.24) is 0 Å². The fraction of sp³-hybridized carbons (Fsp3) is 0. The first-order valence-corrected chi connectivity index (χ1v) is 8.03. The highest BCUT2D eigenvalue weighted by Crippen LogP contribution is 2.40. The number of hydrogen-bond donors (Lipinski definition) is 0. The Morgan fingerprint density at radius 3 is 1.57 bits per heavy atom. The van der Waals surface area contributed by atoms with E-state index in [-0.39, 0.29) is 0 Å². The van der Waals surface area contributed by atoms with Gasteiger partial charge in [-0.25, -0.2) is 9.59 Å². The quantitative estimate of drug-likeness (QED) is 0.518. The molecule has 0 unspecified atom stereocenters. The third kappa shape index (κ3) is 1.86. The van der Waals surface area contributed by atoms with Crippen LogP contribution < -0.4 is 0 Å². The van der Waals surface area contributed by atoms with E-state index < -0.39 is 11.9 Å². The SMILES string of the molecule is O=C1OC(=O)c2c(-c3cccs3)ccc(-c3cccs3)c21. The highest BCUT2D eigenvalue weighted by molar-refractivity contribution is 7.14. The smallest absolute Gasteiger partial charge is 0.347 e. The van der Waals surface area contributed by atoms with Crippen LogP contribution >= 0.6 is 22.7 Å². The summed E-state index contributed by atoms with van der Waals surface area (Å²) in [4.78, 5) is 26.1. The molecule has 0 N–H and O–H groups in total. The molecule has 0 fully saturated rings.